The molecule has 1 amide bonds. The van der Waals surface area contributed by atoms with E-state index in [2.05, 4.69) is 5.10 Å². The van der Waals surface area contributed by atoms with Gasteiger partial charge in [0.25, 0.3) is 0 Å². The summed E-state index contributed by atoms with van der Waals surface area (Å²) in [5, 5.41) is 14.1. The SMILES string of the molecule is CCCC1(C(=O)O)CCCN(C(=O)CCn2nc(C)c(C)c2C)C1. The van der Waals surface area contributed by atoms with Crippen LogP contribution in [0.5, 0.6) is 0 Å². The summed E-state index contributed by atoms with van der Waals surface area (Å²) < 4.78 is 1.88. The highest BCUT2D eigenvalue weighted by molar-refractivity contribution is 5.79. The van der Waals surface area contributed by atoms with Crippen molar-refractivity contribution in [2.24, 2.45) is 5.41 Å². The lowest BCUT2D eigenvalue weighted by Crippen LogP contribution is -2.50. The number of amides is 1. The molecule has 0 spiro atoms. The van der Waals surface area contributed by atoms with E-state index in [0.717, 1.165) is 29.8 Å². The fourth-order valence-electron chi connectivity index (χ4n) is 3.67. The van der Waals surface area contributed by atoms with Crippen molar-refractivity contribution in [3.63, 3.8) is 0 Å². The first-order chi connectivity index (χ1) is 11.3. The fraction of sp³-hybridized carbons (Fsp3) is 0.722. The predicted octanol–water partition coefficient (Wildman–Crippen LogP) is 2.69. The molecule has 6 nitrogen and oxygen atoms in total. The number of hydrogen-bond acceptors (Lipinski definition) is 3. The normalized spacial score (nSPS) is 21.1. The summed E-state index contributed by atoms with van der Waals surface area (Å²) in [7, 11) is 0. The molecule has 6 heteroatoms. The molecule has 1 aromatic heterocycles. The first-order valence-corrected chi connectivity index (χ1v) is 8.82. The lowest BCUT2D eigenvalue weighted by molar-refractivity contribution is -0.155. The molecule has 0 bridgehead atoms. The van der Waals surface area contributed by atoms with Crippen LogP contribution in [0, 0.1) is 26.2 Å². The Morgan fingerprint density at radius 2 is 2.00 bits per heavy atom. The number of nitrogens with zero attached hydrogens (tertiary/aromatic N) is 3. The molecule has 0 aromatic carbocycles. The Labute approximate surface area is 143 Å². The maximum atomic E-state index is 12.6. The topological polar surface area (TPSA) is 75.4 Å². The molecule has 2 heterocycles. The van der Waals surface area contributed by atoms with Gasteiger partial charge in [0.05, 0.1) is 11.1 Å². The molecule has 134 valence electrons. The van der Waals surface area contributed by atoms with E-state index in [0.29, 0.717) is 38.9 Å². The lowest BCUT2D eigenvalue weighted by Gasteiger charge is -2.40. The van der Waals surface area contributed by atoms with Crippen LogP contribution in [-0.4, -0.2) is 44.8 Å². The van der Waals surface area contributed by atoms with E-state index in [1.165, 1.54) is 0 Å². The van der Waals surface area contributed by atoms with Crippen LogP contribution in [0.2, 0.25) is 0 Å². The number of carboxylic acids is 1. The second kappa shape index (κ2) is 7.36. The van der Waals surface area contributed by atoms with E-state index in [9.17, 15) is 14.7 Å². The Kier molecular flexibility index (Phi) is 5.67. The highest BCUT2D eigenvalue weighted by Gasteiger charge is 2.42. The van der Waals surface area contributed by atoms with Gasteiger partial charge in [0.15, 0.2) is 0 Å². The zero-order valence-corrected chi connectivity index (χ0v) is 15.3. The first kappa shape index (κ1) is 18.5. The average Bonchev–Trinajstić information content (AvgIpc) is 2.80. The number of aromatic nitrogens is 2. The average molecular weight is 335 g/mol. The summed E-state index contributed by atoms with van der Waals surface area (Å²) in [6.07, 6.45) is 3.24. The zero-order valence-electron chi connectivity index (χ0n) is 15.3. The molecular formula is C18H29N3O3. The zero-order chi connectivity index (χ0) is 17.9. The second-order valence-electron chi connectivity index (χ2n) is 7.02. The molecule has 1 aliphatic heterocycles. The van der Waals surface area contributed by atoms with Gasteiger partial charge >= 0.3 is 5.97 Å². The van der Waals surface area contributed by atoms with E-state index < -0.39 is 11.4 Å². The van der Waals surface area contributed by atoms with Gasteiger partial charge in [-0.15, -0.1) is 0 Å². The minimum Gasteiger partial charge on any atom is -0.481 e. The molecule has 1 unspecified atom stereocenters. The minimum atomic E-state index is -0.768. The van der Waals surface area contributed by atoms with Crippen molar-refractivity contribution in [1.29, 1.82) is 0 Å². The van der Waals surface area contributed by atoms with E-state index in [1.807, 2.05) is 32.4 Å². The standard InChI is InChI=1S/C18H29N3O3/c1-5-8-18(17(23)24)9-6-10-20(12-18)16(22)7-11-21-15(4)13(2)14(3)19-21/h5-12H2,1-4H3,(H,23,24). The summed E-state index contributed by atoms with van der Waals surface area (Å²) in [5.41, 5.74) is 2.47. The van der Waals surface area contributed by atoms with E-state index in [1.54, 1.807) is 4.90 Å². The molecule has 1 aliphatic rings. The molecule has 1 N–H and O–H groups in total. The quantitative estimate of drug-likeness (QED) is 0.867. The molecule has 2 rings (SSSR count). The number of carbonyl (C=O) groups is 2. The molecular weight excluding hydrogens is 306 g/mol. The smallest absolute Gasteiger partial charge is 0.311 e. The largest absolute Gasteiger partial charge is 0.481 e. The molecule has 1 saturated heterocycles. The Hall–Kier alpha value is -1.85. The molecule has 0 aliphatic carbocycles. The van der Waals surface area contributed by atoms with Gasteiger partial charge in [0.1, 0.15) is 0 Å². The Bertz CT molecular complexity index is 619. The molecule has 1 atom stereocenters. The van der Waals surface area contributed by atoms with Gasteiger partial charge in [-0.05, 0) is 45.6 Å². The monoisotopic (exact) mass is 335 g/mol. The number of hydrogen-bond donors (Lipinski definition) is 1. The maximum Gasteiger partial charge on any atom is 0.311 e. The third kappa shape index (κ3) is 3.62. The van der Waals surface area contributed by atoms with Gasteiger partial charge in [-0.25, -0.2) is 0 Å². The van der Waals surface area contributed by atoms with Gasteiger partial charge in [-0.2, -0.15) is 5.10 Å². The first-order valence-electron chi connectivity index (χ1n) is 8.82. The van der Waals surface area contributed by atoms with Crippen molar-refractivity contribution in [3.05, 3.63) is 17.0 Å². The van der Waals surface area contributed by atoms with Gasteiger partial charge in [-0.3, -0.25) is 14.3 Å². The fourth-order valence-corrected chi connectivity index (χ4v) is 3.67. The summed E-state index contributed by atoms with van der Waals surface area (Å²) in [6, 6.07) is 0. The molecule has 1 fully saturated rings. The number of aryl methyl sites for hydroxylation is 2. The van der Waals surface area contributed by atoms with Crippen molar-refractivity contribution in [2.75, 3.05) is 13.1 Å². The lowest BCUT2D eigenvalue weighted by atomic mass is 9.76. The highest BCUT2D eigenvalue weighted by Crippen LogP contribution is 2.35. The number of rotatable bonds is 6. The van der Waals surface area contributed by atoms with Crippen molar-refractivity contribution in [2.45, 2.75) is 66.3 Å². The molecule has 0 saturated carbocycles. The van der Waals surface area contributed by atoms with Crippen LogP contribution in [-0.2, 0) is 16.1 Å². The van der Waals surface area contributed by atoms with Crippen LogP contribution >= 0.6 is 0 Å². The van der Waals surface area contributed by atoms with Crippen LogP contribution in [0.1, 0.15) is 56.0 Å². The predicted molar refractivity (Wildman–Crippen MR) is 91.8 cm³/mol. The van der Waals surface area contributed by atoms with Gasteiger partial charge in [-0.1, -0.05) is 13.3 Å². The van der Waals surface area contributed by atoms with Crippen molar-refractivity contribution < 1.29 is 14.7 Å². The number of aliphatic carboxylic acids is 1. The Morgan fingerprint density at radius 1 is 1.29 bits per heavy atom. The van der Waals surface area contributed by atoms with Crippen LogP contribution in [0.25, 0.3) is 0 Å². The summed E-state index contributed by atoms with van der Waals surface area (Å²) in [6.45, 7) is 9.56. The number of piperidine rings is 1. The van der Waals surface area contributed by atoms with E-state index in [-0.39, 0.29) is 5.91 Å². The second-order valence-corrected chi connectivity index (χ2v) is 7.02. The summed E-state index contributed by atoms with van der Waals surface area (Å²) in [4.78, 5) is 26.1. The third-order valence-corrected chi connectivity index (χ3v) is 5.39. The van der Waals surface area contributed by atoms with Gasteiger partial charge in [0, 0.05) is 31.7 Å². The highest BCUT2D eigenvalue weighted by atomic mass is 16.4. The van der Waals surface area contributed by atoms with Crippen LogP contribution < -0.4 is 0 Å². The molecule has 1 aromatic rings. The van der Waals surface area contributed by atoms with Crippen molar-refractivity contribution in [3.8, 4) is 0 Å². The van der Waals surface area contributed by atoms with Crippen LogP contribution in [0.4, 0.5) is 0 Å². The van der Waals surface area contributed by atoms with Gasteiger partial charge < -0.3 is 10.0 Å². The van der Waals surface area contributed by atoms with Crippen LogP contribution in [0.3, 0.4) is 0 Å². The van der Waals surface area contributed by atoms with Crippen LogP contribution in [0.15, 0.2) is 0 Å². The van der Waals surface area contributed by atoms with Crippen molar-refractivity contribution in [1.82, 2.24) is 14.7 Å². The van der Waals surface area contributed by atoms with Gasteiger partial charge in [0.2, 0.25) is 5.91 Å². The summed E-state index contributed by atoms with van der Waals surface area (Å²) in [5.74, 6) is -0.738. The van der Waals surface area contributed by atoms with E-state index >= 15 is 0 Å². The molecule has 0 radical (unpaired) electrons. The third-order valence-electron chi connectivity index (χ3n) is 5.39. The van der Waals surface area contributed by atoms with Crippen molar-refractivity contribution >= 4 is 11.9 Å². The Balaban J connectivity index is 2.01. The number of likely N-dealkylation sites (tertiary alicyclic amines) is 1. The molecule has 24 heavy (non-hydrogen) atoms. The number of carboxylic acid groups (broad SMARTS) is 1. The Morgan fingerprint density at radius 3 is 2.54 bits per heavy atom. The minimum absolute atomic E-state index is 0.0293. The maximum absolute atomic E-state index is 12.6. The summed E-state index contributed by atoms with van der Waals surface area (Å²) >= 11 is 0. The van der Waals surface area contributed by atoms with E-state index in [4.69, 9.17) is 0 Å². The number of carbonyl (C=O) groups excluding carboxylic acids is 1.